The topological polar surface area (TPSA) is 46.4 Å². The lowest BCUT2D eigenvalue weighted by atomic mass is 10.1. The van der Waals surface area contributed by atoms with Crippen molar-refractivity contribution in [2.75, 3.05) is 0 Å². The van der Waals surface area contributed by atoms with Crippen LogP contribution in [0.2, 0.25) is 0 Å². The van der Waals surface area contributed by atoms with Crippen LogP contribution in [0.1, 0.15) is 16.2 Å². The molecular weight excluding hydrogens is 367 g/mol. The summed E-state index contributed by atoms with van der Waals surface area (Å²) in [6.45, 7) is -0.0544. The minimum absolute atomic E-state index is 0.0544. The largest absolute Gasteiger partial charge is 0.345 e. The Bertz CT molecular complexity index is 1150. The Hall–Kier alpha value is -3.61. The van der Waals surface area contributed by atoms with Gasteiger partial charge in [-0.3, -0.25) is 9.20 Å². The van der Waals surface area contributed by atoms with Crippen LogP contribution in [0.15, 0.2) is 66.9 Å². The van der Waals surface area contributed by atoms with E-state index in [1.165, 1.54) is 12.1 Å². The molecule has 2 aromatic carbocycles. The lowest BCUT2D eigenvalue weighted by molar-refractivity contribution is 0.0940. The normalized spacial score (nSPS) is 11.0. The molecule has 0 aliphatic carbocycles. The molecule has 0 unspecified atom stereocenters. The third-order valence-electron chi connectivity index (χ3n) is 4.24. The van der Waals surface area contributed by atoms with Gasteiger partial charge in [0.2, 0.25) is 5.82 Å². The summed E-state index contributed by atoms with van der Waals surface area (Å²) in [5.41, 5.74) is 2.17. The molecule has 0 fully saturated rings. The molecule has 7 heteroatoms. The number of imidazole rings is 1. The standard InChI is InChI=1S/C21H14F3N3O/c22-15-6-4-14(5-7-15)19-18-3-1-2-8-27(18)20(26-19)21(28)25-12-13-9-16(23)11-17(24)10-13/h1-11H,12H2,(H,25,28). The van der Waals surface area contributed by atoms with E-state index in [0.717, 1.165) is 18.2 Å². The number of rotatable bonds is 4. The van der Waals surface area contributed by atoms with E-state index in [4.69, 9.17) is 0 Å². The van der Waals surface area contributed by atoms with Crippen molar-refractivity contribution in [2.45, 2.75) is 6.54 Å². The highest BCUT2D eigenvalue weighted by Gasteiger charge is 2.18. The van der Waals surface area contributed by atoms with Crippen molar-refractivity contribution in [3.05, 3.63) is 95.7 Å². The molecule has 0 atom stereocenters. The maximum absolute atomic E-state index is 13.3. The summed E-state index contributed by atoms with van der Waals surface area (Å²) in [6.07, 6.45) is 1.69. The summed E-state index contributed by atoms with van der Waals surface area (Å²) >= 11 is 0. The fourth-order valence-electron chi connectivity index (χ4n) is 2.99. The zero-order valence-corrected chi connectivity index (χ0v) is 14.5. The SMILES string of the molecule is O=C(NCc1cc(F)cc(F)c1)c1nc(-c2ccc(F)cc2)c2ccccn12. The van der Waals surface area contributed by atoms with Crippen molar-refractivity contribution >= 4 is 11.4 Å². The highest BCUT2D eigenvalue weighted by Crippen LogP contribution is 2.25. The number of hydrogen-bond acceptors (Lipinski definition) is 2. The second-order valence-electron chi connectivity index (χ2n) is 6.21. The molecule has 2 aromatic heterocycles. The molecule has 4 nitrogen and oxygen atoms in total. The maximum Gasteiger partial charge on any atom is 0.287 e. The number of nitrogens with one attached hydrogen (secondary N) is 1. The number of benzene rings is 2. The van der Waals surface area contributed by atoms with Crippen LogP contribution in [-0.2, 0) is 6.54 Å². The molecule has 28 heavy (non-hydrogen) atoms. The third kappa shape index (κ3) is 3.46. The van der Waals surface area contributed by atoms with Gasteiger partial charge >= 0.3 is 0 Å². The van der Waals surface area contributed by atoms with E-state index in [2.05, 4.69) is 10.3 Å². The van der Waals surface area contributed by atoms with Gasteiger partial charge in [-0.1, -0.05) is 6.07 Å². The van der Waals surface area contributed by atoms with E-state index in [-0.39, 0.29) is 18.2 Å². The van der Waals surface area contributed by atoms with Crippen LogP contribution in [0.5, 0.6) is 0 Å². The zero-order valence-electron chi connectivity index (χ0n) is 14.5. The van der Waals surface area contributed by atoms with Crippen molar-refractivity contribution in [2.24, 2.45) is 0 Å². The van der Waals surface area contributed by atoms with Gasteiger partial charge in [-0.2, -0.15) is 0 Å². The zero-order chi connectivity index (χ0) is 19.7. The highest BCUT2D eigenvalue weighted by molar-refractivity contribution is 5.94. The molecule has 1 amide bonds. The number of aromatic nitrogens is 2. The highest BCUT2D eigenvalue weighted by atomic mass is 19.1. The quantitative estimate of drug-likeness (QED) is 0.571. The third-order valence-corrected chi connectivity index (χ3v) is 4.24. The Morgan fingerprint density at radius 1 is 0.929 bits per heavy atom. The van der Waals surface area contributed by atoms with Gasteiger partial charge in [0, 0.05) is 24.4 Å². The van der Waals surface area contributed by atoms with E-state index >= 15 is 0 Å². The molecule has 0 aliphatic rings. The number of carbonyl (C=O) groups is 1. The Morgan fingerprint density at radius 2 is 1.64 bits per heavy atom. The number of amides is 1. The predicted molar refractivity (Wildman–Crippen MR) is 98.1 cm³/mol. The van der Waals surface area contributed by atoms with Crippen molar-refractivity contribution in [1.82, 2.24) is 14.7 Å². The maximum atomic E-state index is 13.3. The van der Waals surface area contributed by atoms with Crippen molar-refractivity contribution < 1.29 is 18.0 Å². The van der Waals surface area contributed by atoms with Crippen LogP contribution in [-0.4, -0.2) is 15.3 Å². The molecule has 0 spiro atoms. The summed E-state index contributed by atoms with van der Waals surface area (Å²) in [5.74, 6) is -2.18. The first kappa shape index (κ1) is 17.8. The summed E-state index contributed by atoms with van der Waals surface area (Å²) in [4.78, 5) is 17.1. The van der Waals surface area contributed by atoms with Crippen LogP contribution in [0, 0.1) is 17.5 Å². The number of hydrogen-bond donors (Lipinski definition) is 1. The van der Waals surface area contributed by atoms with Crippen LogP contribution in [0.4, 0.5) is 13.2 Å². The van der Waals surface area contributed by atoms with Gasteiger partial charge in [-0.05, 0) is 54.1 Å². The fraction of sp³-hybridized carbons (Fsp3) is 0.0476. The molecule has 4 aromatic rings. The average Bonchev–Trinajstić information content (AvgIpc) is 3.06. The smallest absolute Gasteiger partial charge is 0.287 e. The van der Waals surface area contributed by atoms with Crippen LogP contribution in [0.3, 0.4) is 0 Å². The average molecular weight is 381 g/mol. The Balaban J connectivity index is 1.66. The molecule has 0 saturated carbocycles. The molecule has 140 valence electrons. The van der Waals surface area contributed by atoms with Gasteiger partial charge in [0.15, 0.2) is 0 Å². The van der Waals surface area contributed by atoms with Gasteiger partial charge in [0.05, 0.1) is 11.2 Å². The summed E-state index contributed by atoms with van der Waals surface area (Å²) in [7, 11) is 0. The molecule has 0 aliphatic heterocycles. The lowest BCUT2D eigenvalue weighted by Gasteiger charge is -2.05. The van der Waals surface area contributed by atoms with Gasteiger partial charge < -0.3 is 5.32 Å². The fourth-order valence-corrected chi connectivity index (χ4v) is 2.99. The van der Waals surface area contributed by atoms with Crippen molar-refractivity contribution in [3.63, 3.8) is 0 Å². The molecule has 1 N–H and O–H groups in total. The van der Waals surface area contributed by atoms with Crippen molar-refractivity contribution in [3.8, 4) is 11.3 Å². The number of pyridine rings is 1. The van der Waals surface area contributed by atoms with Crippen LogP contribution in [0.25, 0.3) is 16.8 Å². The van der Waals surface area contributed by atoms with E-state index in [1.54, 1.807) is 40.9 Å². The van der Waals surface area contributed by atoms with Crippen molar-refractivity contribution in [1.29, 1.82) is 0 Å². The summed E-state index contributed by atoms with van der Waals surface area (Å²) < 4.78 is 41.5. The van der Waals surface area contributed by atoms with E-state index in [1.807, 2.05) is 0 Å². The molecular formula is C21H14F3N3O. The van der Waals surface area contributed by atoms with Crippen LogP contribution >= 0.6 is 0 Å². The Kier molecular flexibility index (Phi) is 4.57. The minimum atomic E-state index is -0.714. The Morgan fingerprint density at radius 3 is 2.36 bits per heavy atom. The molecule has 4 rings (SSSR count). The molecule has 0 saturated heterocycles. The molecule has 2 heterocycles. The molecule has 0 radical (unpaired) electrons. The number of fused-ring (bicyclic) bond motifs is 1. The van der Waals surface area contributed by atoms with Gasteiger partial charge in [0.25, 0.3) is 5.91 Å². The first-order valence-corrected chi connectivity index (χ1v) is 8.47. The summed E-state index contributed by atoms with van der Waals surface area (Å²) in [5, 5.41) is 2.62. The van der Waals surface area contributed by atoms with Crippen LogP contribution < -0.4 is 5.32 Å². The van der Waals surface area contributed by atoms with E-state index in [0.29, 0.717) is 22.3 Å². The van der Waals surface area contributed by atoms with E-state index < -0.39 is 17.5 Å². The number of halogens is 3. The first-order valence-electron chi connectivity index (χ1n) is 8.47. The second-order valence-corrected chi connectivity index (χ2v) is 6.21. The monoisotopic (exact) mass is 381 g/mol. The van der Waals surface area contributed by atoms with Gasteiger partial charge in [-0.15, -0.1) is 0 Å². The molecule has 0 bridgehead atoms. The minimum Gasteiger partial charge on any atom is -0.345 e. The predicted octanol–water partition coefficient (Wildman–Crippen LogP) is 4.35. The summed E-state index contributed by atoms with van der Waals surface area (Å²) in [6, 6.07) is 14.2. The van der Waals surface area contributed by atoms with E-state index in [9.17, 15) is 18.0 Å². The van der Waals surface area contributed by atoms with Gasteiger partial charge in [-0.25, -0.2) is 18.2 Å². The number of carbonyl (C=O) groups excluding carboxylic acids is 1. The second kappa shape index (κ2) is 7.19. The first-order chi connectivity index (χ1) is 13.5. The Labute approximate surface area is 158 Å². The van der Waals surface area contributed by atoms with Gasteiger partial charge in [0.1, 0.15) is 17.5 Å². The lowest BCUT2D eigenvalue weighted by Crippen LogP contribution is -2.25. The number of nitrogens with zero attached hydrogens (tertiary/aromatic N) is 2.